The number of rotatable bonds is 6. The van der Waals surface area contributed by atoms with Crippen LogP contribution in [0.5, 0.6) is 0 Å². The van der Waals surface area contributed by atoms with E-state index in [9.17, 15) is 0 Å². The van der Waals surface area contributed by atoms with E-state index in [1.54, 1.807) is 0 Å². The van der Waals surface area contributed by atoms with Gasteiger partial charge in [0.25, 0.3) is 0 Å². The monoisotopic (exact) mass is 353 g/mol. The van der Waals surface area contributed by atoms with Gasteiger partial charge >= 0.3 is 0 Å². The zero-order chi connectivity index (χ0) is 13.9. The van der Waals surface area contributed by atoms with Crippen molar-refractivity contribution in [2.45, 2.75) is 43.5 Å². The van der Waals surface area contributed by atoms with Gasteiger partial charge in [-0.3, -0.25) is 0 Å². The van der Waals surface area contributed by atoms with Crippen LogP contribution in [0.1, 0.15) is 31.2 Å². The Balaban J connectivity index is 1.50. The molecule has 1 unspecified atom stereocenters. The maximum Gasteiger partial charge on any atom is 0.0949 e. The van der Waals surface area contributed by atoms with Gasteiger partial charge in [-0.1, -0.05) is 28.1 Å². The highest BCUT2D eigenvalue weighted by Crippen LogP contribution is 2.36. The Bertz CT molecular complexity index is 531. The Kier molecular flexibility index (Phi) is 4.74. The SMILES string of the molecule is CCOC1CC(CC(Br)Cc2nc3ccccc3s2)C1. The number of benzene rings is 1. The van der Waals surface area contributed by atoms with Crippen LogP contribution in [0.25, 0.3) is 10.2 Å². The highest BCUT2D eigenvalue weighted by molar-refractivity contribution is 9.09. The van der Waals surface area contributed by atoms with E-state index in [0.29, 0.717) is 10.9 Å². The molecular formula is C16H20BrNOS. The highest BCUT2D eigenvalue weighted by atomic mass is 79.9. The molecule has 0 amide bonds. The van der Waals surface area contributed by atoms with Crippen LogP contribution >= 0.6 is 27.3 Å². The van der Waals surface area contributed by atoms with Gasteiger partial charge in [0.1, 0.15) is 0 Å². The number of alkyl halides is 1. The number of fused-ring (bicyclic) bond motifs is 1. The van der Waals surface area contributed by atoms with E-state index in [2.05, 4.69) is 47.1 Å². The van der Waals surface area contributed by atoms with Gasteiger partial charge in [-0.15, -0.1) is 11.3 Å². The number of halogens is 1. The number of thiazole rings is 1. The van der Waals surface area contributed by atoms with Crippen LogP contribution in [-0.2, 0) is 11.2 Å². The highest BCUT2D eigenvalue weighted by Gasteiger charge is 2.31. The van der Waals surface area contributed by atoms with Gasteiger partial charge in [-0.05, 0) is 44.2 Å². The van der Waals surface area contributed by atoms with Gasteiger partial charge in [0, 0.05) is 17.9 Å². The summed E-state index contributed by atoms with van der Waals surface area (Å²) in [7, 11) is 0. The minimum atomic E-state index is 0.521. The normalized spacial score (nSPS) is 23.7. The molecule has 4 heteroatoms. The summed E-state index contributed by atoms with van der Waals surface area (Å²) in [6.45, 7) is 2.93. The maximum atomic E-state index is 5.62. The predicted octanol–water partition coefficient (Wildman–Crippen LogP) is 4.81. The third-order valence-electron chi connectivity index (χ3n) is 3.92. The van der Waals surface area contributed by atoms with Gasteiger partial charge in [-0.25, -0.2) is 4.98 Å². The average Bonchev–Trinajstić information content (AvgIpc) is 2.78. The number of para-hydroxylation sites is 1. The molecule has 0 spiro atoms. The molecule has 108 valence electrons. The first-order valence-corrected chi connectivity index (χ1v) is 9.08. The topological polar surface area (TPSA) is 22.1 Å². The first-order valence-electron chi connectivity index (χ1n) is 7.34. The van der Waals surface area contributed by atoms with Crippen molar-refractivity contribution < 1.29 is 4.74 Å². The fourth-order valence-electron chi connectivity index (χ4n) is 2.88. The molecule has 0 aliphatic heterocycles. The summed E-state index contributed by atoms with van der Waals surface area (Å²) >= 11 is 5.65. The summed E-state index contributed by atoms with van der Waals surface area (Å²) in [4.78, 5) is 5.25. The fourth-order valence-corrected chi connectivity index (χ4v) is 4.98. The third-order valence-corrected chi connectivity index (χ3v) is 5.67. The third kappa shape index (κ3) is 3.41. The summed E-state index contributed by atoms with van der Waals surface area (Å²) in [6.07, 6.45) is 5.26. The number of hydrogen-bond acceptors (Lipinski definition) is 3. The zero-order valence-corrected chi connectivity index (χ0v) is 14.1. The Morgan fingerprint density at radius 1 is 1.40 bits per heavy atom. The predicted molar refractivity (Wildman–Crippen MR) is 88.8 cm³/mol. The number of aromatic nitrogens is 1. The van der Waals surface area contributed by atoms with Crippen LogP contribution < -0.4 is 0 Å². The van der Waals surface area contributed by atoms with E-state index in [-0.39, 0.29) is 0 Å². The number of ether oxygens (including phenoxy) is 1. The molecule has 0 N–H and O–H groups in total. The lowest BCUT2D eigenvalue weighted by Crippen LogP contribution is -2.33. The molecule has 1 aromatic carbocycles. The molecule has 1 aliphatic carbocycles. The summed E-state index contributed by atoms with van der Waals surface area (Å²) in [5.41, 5.74) is 1.13. The van der Waals surface area contributed by atoms with E-state index >= 15 is 0 Å². The lowest BCUT2D eigenvalue weighted by molar-refractivity contribution is -0.0263. The van der Waals surface area contributed by atoms with E-state index in [0.717, 1.165) is 24.5 Å². The van der Waals surface area contributed by atoms with Crippen LogP contribution in [0.15, 0.2) is 24.3 Å². The standard InChI is InChI=1S/C16H20BrNOS/c1-2-19-13-8-11(9-13)7-12(17)10-16-18-14-5-3-4-6-15(14)20-16/h3-6,11-13H,2,7-10H2,1H3. The molecule has 1 atom stereocenters. The fraction of sp³-hybridized carbons (Fsp3) is 0.562. The first kappa shape index (κ1) is 14.5. The van der Waals surface area contributed by atoms with Gasteiger partial charge in [-0.2, -0.15) is 0 Å². The molecule has 1 aliphatic rings. The molecule has 1 aromatic heterocycles. The van der Waals surface area contributed by atoms with Gasteiger partial charge in [0.15, 0.2) is 0 Å². The van der Waals surface area contributed by atoms with Crippen molar-refractivity contribution in [3.05, 3.63) is 29.3 Å². The van der Waals surface area contributed by atoms with Gasteiger partial charge in [0.2, 0.25) is 0 Å². The second kappa shape index (κ2) is 6.54. The summed E-state index contributed by atoms with van der Waals surface area (Å²) in [6, 6.07) is 8.38. The molecule has 0 saturated heterocycles. The smallest absolute Gasteiger partial charge is 0.0949 e. The van der Waals surface area contributed by atoms with Gasteiger partial charge in [0.05, 0.1) is 21.3 Å². The molecular weight excluding hydrogens is 334 g/mol. The Morgan fingerprint density at radius 3 is 2.95 bits per heavy atom. The van der Waals surface area contributed by atoms with Crippen molar-refractivity contribution in [2.24, 2.45) is 5.92 Å². The van der Waals surface area contributed by atoms with Crippen LogP contribution in [0.3, 0.4) is 0 Å². The minimum absolute atomic E-state index is 0.521. The molecule has 1 heterocycles. The zero-order valence-electron chi connectivity index (χ0n) is 11.7. The molecule has 20 heavy (non-hydrogen) atoms. The molecule has 1 saturated carbocycles. The van der Waals surface area contributed by atoms with Gasteiger partial charge < -0.3 is 4.74 Å². The van der Waals surface area contributed by atoms with Crippen LogP contribution in [0, 0.1) is 5.92 Å². The Morgan fingerprint density at radius 2 is 2.20 bits per heavy atom. The first-order chi connectivity index (χ1) is 9.74. The largest absolute Gasteiger partial charge is 0.378 e. The van der Waals surface area contributed by atoms with Crippen molar-refractivity contribution in [3.8, 4) is 0 Å². The second-order valence-corrected chi connectivity index (χ2v) is 7.94. The van der Waals surface area contributed by atoms with E-state index in [1.165, 1.54) is 29.0 Å². The second-order valence-electron chi connectivity index (χ2n) is 5.53. The molecule has 0 radical (unpaired) electrons. The van der Waals surface area contributed by atoms with Crippen LogP contribution in [0.2, 0.25) is 0 Å². The summed E-state index contributed by atoms with van der Waals surface area (Å²) in [5.74, 6) is 0.824. The van der Waals surface area contributed by atoms with Crippen molar-refractivity contribution >= 4 is 37.5 Å². The minimum Gasteiger partial charge on any atom is -0.378 e. The molecule has 0 bridgehead atoms. The van der Waals surface area contributed by atoms with E-state index < -0.39 is 0 Å². The lowest BCUT2D eigenvalue weighted by atomic mass is 9.79. The number of hydrogen-bond donors (Lipinski definition) is 0. The Hall–Kier alpha value is -0.450. The maximum absolute atomic E-state index is 5.62. The van der Waals surface area contributed by atoms with Crippen molar-refractivity contribution in [1.29, 1.82) is 0 Å². The van der Waals surface area contributed by atoms with Crippen LogP contribution in [-0.4, -0.2) is 22.5 Å². The molecule has 2 aromatic rings. The summed E-state index contributed by atoms with van der Waals surface area (Å²) < 4.78 is 6.92. The van der Waals surface area contributed by atoms with Crippen molar-refractivity contribution in [2.75, 3.05) is 6.61 Å². The lowest BCUT2D eigenvalue weighted by Gasteiger charge is -2.36. The number of nitrogens with zero attached hydrogens (tertiary/aromatic N) is 1. The van der Waals surface area contributed by atoms with Crippen LogP contribution in [0.4, 0.5) is 0 Å². The summed E-state index contributed by atoms with van der Waals surface area (Å²) in [5, 5.41) is 1.24. The van der Waals surface area contributed by atoms with E-state index in [4.69, 9.17) is 9.72 Å². The average molecular weight is 354 g/mol. The quantitative estimate of drug-likeness (QED) is 0.695. The van der Waals surface area contributed by atoms with Crippen molar-refractivity contribution in [3.63, 3.8) is 0 Å². The molecule has 2 nitrogen and oxygen atoms in total. The molecule has 1 fully saturated rings. The van der Waals surface area contributed by atoms with E-state index in [1.807, 2.05) is 11.3 Å². The van der Waals surface area contributed by atoms with Crippen molar-refractivity contribution in [1.82, 2.24) is 4.98 Å². The Labute approximate surface area is 132 Å². The molecule has 3 rings (SSSR count).